The Hall–Kier alpha value is -2.49. The van der Waals surface area contributed by atoms with Crippen LogP contribution in [0.25, 0.3) is 0 Å². The Morgan fingerprint density at radius 2 is 1.65 bits per heavy atom. The molecule has 0 N–H and O–H groups in total. The lowest BCUT2D eigenvalue weighted by Gasteiger charge is -2.22. The Kier molecular flexibility index (Phi) is 4.70. The summed E-state index contributed by atoms with van der Waals surface area (Å²) in [5, 5.41) is 0. The lowest BCUT2D eigenvalue weighted by Crippen LogP contribution is -2.31. The molecule has 1 aromatic carbocycles. The maximum Gasteiger partial charge on any atom is 0.238 e. The molecule has 4 heteroatoms. The van der Waals surface area contributed by atoms with Crippen LogP contribution in [-0.4, -0.2) is 15.9 Å². The van der Waals surface area contributed by atoms with Crippen LogP contribution in [0.3, 0.4) is 0 Å². The van der Waals surface area contributed by atoms with E-state index in [1.807, 2.05) is 50.2 Å². The van der Waals surface area contributed by atoms with Crippen molar-refractivity contribution in [2.45, 2.75) is 41.5 Å². The molecule has 1 amide bonds. The van der Waals surface area contributed by atoms with Gasteiger partial charge in [-0.1, -0.05) is 43.7 Å². The zero-order valence-corrected chi connectivity index (χ0v) is 16.4. The Morgan fingerprint density at radius 1 is 1.08 bits per heavy atom. The molecular weight excluding hydrogens is 322 g/mol. The average Bonchev–Trinajstić information content (AvgIpc) is 3.07. The summed E-state index contributed by atoms with van der Waals surface area (Å²) in [6, 6.07) is 11.6. The topological polar surface area (TPSA) is 46.1 Å². The Bertz CT molecular complexity index is 831. The number of anilines is 2. The zero-order chi connectivity index (χ0) is 19.1. The molecule has 26 heavy (non-hydrogen) atoms. The number of hydrogen-bond acceptors (Lipinski definition) is 3. The van der Waals surface area contributed by atoms with Crippen LogP contribution in [-0.2, 0) is 4.79 Å². The van der Waals surface area contributed by atoms with Crippen molar-refractivity contribution in [3.05, 3.63) is 59.4 Å². The molecule has 4 nitrogen and oxygen atoms in total. The van der Waals surface area contributed by atoms with E-state index in [4.69, 9.17) is 0 Å². The summed E-state index contributed by atoms with van der Waals surface area (Å²) in [7, 11) is 0. The van der Waals surface area contributed by atoms with Crippen molar-refractivity contribution in [2.24, 2.45) is 17.3 Å². The maximum atomic E-state index is 13.6. The molecular formula is C22H27N3O. The van der Waals surface area contributed by atoms with Gasteiger partial charge in [0.25, 0.3) is 0 Å². The van der Waals surface area contributed by atoms with Gasteiger partial charge in [0.05, 0.1) is 11.6 Å². The predicted octanol–water partition coefficient (Wildman–Crippen LogP) is 5.00. The summed E-state index contributed by atoms with van der Waals surface area (Å²) < 4.78 is 0. The second-order valence-electron chi connectivity index (χ2n) is 8.03. The van der Waals surface area contributed by atoms with Gasteiger partial charge in [-0.25, -0.2) is 14.9 Å². The number of benzene rings is 1. The van der Waals surface area contributed by atoms with Crippen LogP contribution >= 0.6 is 0 Å². The third-order valence-corrected chi connectivity index (χ3v) is 5.09. The molecule has 1 saturated carbocycles. The standard InChI is InChI=1S/C22H27N3O/c1-14(2)12-18-19(22(18,5)6)20(26)25(17-10-8-7-9-11-17)21-23-15(3)13-16(4)24-21/h7-13,18-19H,1-6H3. The molecule has 0 bridgehead atoms. The smallest absolute Gasteiger partial charge is 0.238 e. The third-order valence-electron chi connectivity index (χ3n) is 5.09. The molecule has 0 saturated heterocycles. The van der Waals surface area contributed by atoms with E-state index in [9.17, 15) is 4.79 Å². The lowest BCUT2D eigenvalue weighted by molar-refractivity contribution is -0.119. The number of para-hydroxylation sites is 1. The highest BCUT2D eigenvalue weighted by molar-refractivity contribution is 6.02. The van der Waals surface area contributed by atoms with Gasteiger partial charge in [0, 0.05) is 11.4 Å². The van der Waals surface area contributed by atoms with Gasteiger partial charge in [0.2, 0.25) is 11.9 Å². The van der Waals surface area contributed by atoms with Gasteiger partial charge < -0.3 is 0 Å². The molecule has 1 aliphatic rings. The average molecular weight is 349 g/mol. The number of hydrogen-bond donors (Lipinski definition) is 0. The van der Waals surface area contributed by atoms with Crippen molar-refractivity contribution >= 4 is 17.5 Å². The van der Waals surface area contributed by atoms with Crippen LogP contribution in [0.2, 0.25) is 0 Å². The molecule has 1 fully saturated rings. The Balaban J connectivity index is 2.05. The van der Waals surface area contributed by atoms with Gasteiger partial charge in [-0.2, -0.15) is 0 Å². The van der Waals surface area contributed by atoms with E-state index in [0.717, 1.165) is 17.1 Å². The summed E-state index contributed by atoms with van der Waals surface area (Å²) in [6.07, 6.45) is 2.22. The van der Waals surface area contributed by atoms with E-state index in [1.165, 1.54) is 5.57 Å². The van der Waals surface area contributed by atoms with E-state index in [-0.39, 0.29) is 23.2 Å². The number of allylic oxidation sites excluding steroid dienone is 2. The first-order valence-electron chi connectivity index (χ1n) is 9.08. The quantitative estimate of drug-likeness (QED) is 0.730. The normalized spacial score (nSPS) is 20.4. The second kappa shape index (κ2) is 6.67. The fourth-order valence-corrected chi connectivity index (χ4v) is 3.68. The minimum absolute atomic E-state index is 0.0553. The zero-order valence-electron chi connectivity index (χ0n) is 16.4. The summed E-state index contributed by atoms with van der Waals surface area (Å²) in [5.41, 5.74) is 3.71. The molecule has 1 heterocycles. The SMILES string of the molecule is CC(C)=CC1C(C(=O)N(c2ccccc2)c2nc(C)cc(C)n2)C1(C)C. The van der Waals surface area contributed by atoms with Gasteiger partial charge in [-0.3, -0.25) is 4.79 Å². The molecule has 1 aliphatic carbocycles. The van der Waals surface area contributed by atoms with Crippen molar-refractivity contribution in [3.8, 4) is 0 Å². The highest BCUT2D eigenvalue weighted by Gasteiger charge is 2.61. The maximum absolute atomic E-state index is 13.6. The van der Waals surface area contributed by atoms with Gasteiger partial charge in [0.15, 0.2) is 0 Å². The fourth-order valence-electron chi connectivity index (χ4n) is 3.68. The molecule has 0 radical (unpaired) electrons. The number of amides is 1. The van der Waals surface area contributed by atoms with Crippen molar-refractivity contribution in [3.63, 3.8) is 0 Å². The monoisotopic (exact) mass is 349 g/mol. The Labute approximate surface area is 156 Å². The summed E-state index contributed by atoms with van der Waals surface area (Å²) in [5.74, 6) is 0.699. The van der Waals surface area contributed by atoms with Crippen molar-refractivity contribution in [1.29, 1.82) is 0 Å². The first-order valence-corrected chi connectivity index (χ1v) is 9.08. The van der Waals surface area contributed by atoms with Gasteiger partial charge >= 0.3 is 0 Å². The van der Waals surface area contributed by atoms with Gasteiger partial charge in [-0.05, 0) is 57.2 Å². The predicted molar refractivity (Wildman–Crippen MR) is 105 cm³/mol. The first-order chi connectivity index (χ1) is 12.2. The number of rotatable bonds is 4. The lowest BCUT2D eigenvalue weighted by atomic mass is 10.1. The minimum atomic E-state index is -0.0676. The summed E-state index contributed by atoms with van der Waals surface area (Å²) in [4.78, 5) is 24.3. The number of aromatic nitrogens is 2. The molecule has 3 rings (SSSR count). The van der Waals surface area contributed by atoms with Crippen molar-refractivity contribution in [2.75, 3.05) is 4.90 Å². The van der Waals surface area contributed by atoms with Crippen LogP contribution in [0.4, 0.5) is 11.6 Å². The van der Waals surface area contributed by atoms with Gasteiger partial charge in [0.1, 0.15) is 0 Å². The molecule has 136 valence electrons. The second-order valence-corrected chi connectivity index (χ2v) is 8.03. The molecule has 2 atom stereocenters. The highest BCUT2D eigenvalue weighted by Crippen LogP contribution is 2.60. The van der Waals surface area contributed by atoms with Crippen LogP contribution in [0.1, 0.15) is 39.1 Å². The number of carbonyl (C=O) groups excluding carboxylic acids is 1. The molecule has 0 aliphatic heterocycles. The molecule has 2 aromatic rings. The van der Waals surface area contributed by atoms with E-state index >= 15 is 0 Å². The number of aryl methyl sites for hydroxylation is 2. The van der Waals surface area contributed by atoms with Crippen LogP contribution < -0.4 is 4.90 Å². The van der Waals surface area contributed by atoms with Crippen molar-refractivity contribution < 1.29 is 4.79 Å². The first kappa shape index (κ1) is 18.3. The van der Waals surface area contributed by atoms with E-state index in [1.54, 1.807) is 4.90 Å². The third kappa shape index (κ3) is 3.41. The summed E-state index contributed by atoms with van der Waals surface area (Å²) >= 11 is 0. The summed E-state index contributed by atoms with van der Waals surface area (Å²) in [6.45, 7) is 12.3. The van der Waals surface area contributed by atoms with Gasteiger partial charge in [-0.15, -0.1) is 0 Å². The number of carbonyl (C=O) groups is 1. The number of nitrogens with zero attached hydrogens (tertiary/aromatic N) is 3. The van der Waals surface area contributed by atoms with Crippen LogP contribution in [0.15, 0.2) is 48.0 Å². The Morgan fingerprint density at radius 3 is 2.19 bits per heavy atom. The van der Waals surface area contributed by atoms with Crippen LogP contribution in [0, 0.1) is 31.1 Å². The largest absolute Gasteiger partial charge is 0.274 e. The van der Waals surface area contributed by atoms with E-state index < -0.39 is 0 Å². The van der Waals surface area contributed by atoms with Crippen LogP contribution in [0.5, 0.6) is 0 Å². The van der Waals surface area contributed by atoms with Crippen molar-refractivity contribution in [1.82, 2.24) is 9.97 Å². The molecule has 2 unspecified atom stereocenters. The molecule has 0 spiro atoms. The molecule has 1 aromatic heterocycles. The van der Waals surface area contributed by atoms with E-state index in [2.05, 4.69) is 43.7 Å². The van der Waals surface area contributed by atoms with E-state index in [0.29, 0.717) is 5.95 Å². The highest BCUT2D eigenvalue weighted by atomic mass is 16.2. The fraction of sp³-hybridized carbons (Fsp3) is 0.409. The minimum Gasteiger partial charge on any atom is -0.274 e.